The minimum atomic E-state index is 0.0348. The van der Waals surface area contributed by atoms with Crippen LogP contribution < -0.4 is 20.1 Å². The van der Waals surface area contributed by atoms with Crippen LogP contribution in [0.1, 0.15) is 17.5 Å². The van der Waals surface area contributed by atoms with Crippen molar-refractivity contribution in [2.24, 2.45) is 0 Å². The summed E-state index contributed by atoms with van der Waals surface area (Å²) in [5, 5.41) is 6.20. The van der Waals surface area contributed by atoms with Crippen LogP contribution in [0, 0.1) is 6.92 Å². The minimum Gasteiger partial charge on any atom is -0.497 e. The number of ether oxygens (including phenoxy) is 2. The molecule has 0 saturated carbocycles. The van der Waals surface area contributed by atoms with Gasteiger partial charge in [-0.05, 0) is 48.7 Å². The number of hydrogen-bond donors (Lipinski definition) is 2. The molecule has 5 heteroatoms. The molecule has 1 amide bonds. The zero-order chi connectivity index (χ0) is 18.1. The van der Waals surface area contributed by atoms with Crippen LogP contribution in [0.5, 0.6) is 11.5 Å². The number of amides is 1. The summed E-state index contributed by atoms with van der Waals surface area (Å²) in [4.78, 5) is 11.9. The van der Waals surface area contributed by atoms with Crippen molar-refractivity contribution >= 4 is 11.6 Å². The van der Waals surface area contributed by atoms with E-state index >= 15 is 0 Å². The maximum absolute atomic E-state index is 11.9. The Kier molecular flexibility index (Phi) is 7.14. The van der Waals surface area contributed by atoms with E-state index in [2.05, 4.69) is 10.6 Å². The number of nitrogens with one attached hydrogen (secondary N) is 2. The third-order valence-corrected chi connectivity index (χ3v) is 3.92. The standard InChI is InChI=1S/C20H26N2O3/c1-15-4-9-19(25-3)18(14-15)21-13-11-20(23)22-12-10-16-5-7-17(24-2)8-6-16/h4-9,14,21H,10-13H2,1-3H3,(H,22,23). The van der Waals surface area contributed by atoms with Crippen LogP contribution in [0.15, 0.2) is 42.5 Å². The molecule has 0 radical (unpaired) electrons. The molecule has 2 aromatic rings. The number of rotatable bonds is 9. The quantitative estimate of drug-likeness (QED) is 0.735. The second kappa shape index (κ2) is 9.57. The van der Waals surface area contributed by atoms with Crippen LogP contribution in [0.4, 0.5) is 5.69 Å². The number of hydrogen-bond acceptors (Lipinski definition) is 4. The van der Waals surface area contributed by atoms with E-state index in [1.165, 1.54) is 5.56 Å². The SMILES string of the molecule is COc1ccc(CCNC(=O)CCNc2cc(C)ccc2OC)cc1. The van der Waals surface area contributed by atoms with Gasteiger partial charge in [0.1, 0.15) is 11.5 Å². The molecule has 0 fully saturated rings. The fourth-order valence-electron chi connectivity index (χ4n) is 2.50. The van der Waals surface area contributed by atoms with Gasteiger partial charge in [0, 0.05) is 19.5 Å². The number of carbonyl (C=O) groups is 1. The van der Waals surface area contributed by atoms with Gasteiger partial charge in [-0.15, -0.1) is 0 Å². The molecule has 25 heavy (non-hydrogen) atoms. The Morgan fingerprint density at radius 2 is 1.76 bits per heavy atom. The van der Waals surface area contributed by atoms with Gasteiger partial charge in [-0.25, -0.2) is 0 Å². The molecule has 2 rings (SSSR count). The number of benzene rings is 2. The third-order valence-electron chi connectivity index (χ3n) is 3.92. The van der Waals surface area contributed by atoms with Crippen molar-refractivity contribution in [1.29, 1.82) is 0 Å². The smallest absolute Gasteiger partial charge is 0.221 e. The van der Waals surface area contributed by atoms with Crippen LogP contribution in [-0.2, 0) is 11.2 Å². The minimum absolute atomic E-state index is 0.0348. The molecule has 0 heterocycles. The Morgan fingerprint density at radius 1 is 1.00 bits per heavy atom. The molecule has 0 aliphatic rings. The Morgan fingerprint density at radius 3 is 2.44 bits per heavy atom. The predicted molar refractivity (Wildman–Crippen MR) is 101 cm³/mol. The average Bonchev–Trinajstić information content (AvgIpc) is 2.62. The normalized spacial score (nSPS) is 10.2. The van der Waals surface area contributed by atoms with E-state index in [-0.39, 0.29) is 5.91 Å². The van der Waals surface area contributed by atoms with Gasteiger partial charge in [-0.3, -0.25) is 4.79 Å². The molecular weight excluding hydrogens is 316 g/mol. The topological polar surface area (TPSA) is 59.6 Å². The summed E-state index contributed by atoms with van der Waals surface area (Å²) in [6.07, 6.45) is 1.22. The van der Waals surface area contributed by atoms with Crippen molar-refractivity contribution in [1.82, 2.24) is 5.32 Å². The molecule has 2 N–H and O–H groups in total. The third kappa shape index (κ3) is 6.03. The van der Waals surface area contributed by atoms with Crippen LogP contribution in [0.25, 0.3) is 0 Å². The maximum atomic E-state index is 11.9. The highest BCUT2D eigenvalue weighted by molar-refractivity contribution is 5.76. The molecule has 0 bridgehead atoms. The summed E-state index contributed by atoms with van der Waals surface area (Å²) in [5.74, 6) is 1.66. The van der Waals surface area contributed by atoms with Crippen LogP contribution in [0.2, 0.25) is 0 Å². The zero-order valence-electron chi connectivity index (χ0n) is 15.1. The average molecular weight is 342 g/mol. The summed E-state index contributed by atoms with van der Waals surface area (Å²) in [7, 11) is 3.29. The first-order chi connectivity index (χ1) is 12.1. The summed E-state index contributed by atoms with van der Waals surface area (Å²) in [5.41, 5.74) is 3.23. The summed E-state index contributed by atoms with van der Waals surface area (Å²) >= 11 is 0. The van der Waals surface area contributed by atoms with Gasteiger partial charge in [0.2, 0.25) is 5.91 Å². The van der Waals surface area contributed by atoms with E-state index in [0.717, 1.165) is 29.2 Å². The molecule has 0 atom stereocenters. The first-order valence-electron chi connectivity index (χ1n) is 8.40. The van der Waals surface area contributed by atoms with E-state index in [0.29, 0.717) is 19.5 Å². The van der Waals surface area contributed by atoms with E-state index in [4.69, 9.17) is 9.47 Å². The Bertz CT molecular complexity index is 684. The van der Waals surface area contributed by atoms with E-state index in [1.807, 2.05) is 49.4 Å². The van der Waals surface area contributed by atoms with Gasteiger partial charge < -0.3 is 20.1 Å². The van der Waals surface area contributed by atoms with Crippen LogP contribution >= 0.6 is 0 Å². The largest absolute Gasteiger partial charge is 0.497 e. The molecular formula is C20H26N2O3. The van der Waals surface area contributed by atoms with E-state index in [9.17, 15) is 4.79 Å². The number of aryl methyl sites for hydroxylation is 1. The summed E-state index contributed by atoms with van der Waals surface area (Å²) in [6.45, 7) is 3.21. The van der Waals surface area contributed by atoms with Crippen molar-refractivity contribution < 1.29 is 14.3 Å². The molecule has 0 aromatic heterocycles. The van der Waals surface area contributed by atoms with Crippen molar-refractivity contribution in [2.45, 2.75) is 19.8 Å². The molecule has 2 aromatic carbocycles. The fourth-order valence-corrected chi connectivity index (χ4v) is 2.50. The highest BCUT2D eigenvalue weighted by Crippen LogP contribution is 2.24. The zero-order valence-corrected chi connectivity index (χ0v) is 15.1. The maximum Gasteiger partial charge on any atom is 0.221 e. The molecule has 0 spiro atoms. The van der Waals surface area contributed by atoms with Gasteiger partial charge in [-0.1, -0.05) is 18.2 Å². The van der Waals surface area contributed by atoms with Gasteiger partial charge in [0.15, 0.2) is 0 Å². The lowest BCUT2D eigenvalue weighted by molar-refractivity contribution is -0.120. The fraction of sp³-hybridized carbons (Fsp3) is 0.350. The highest BCUT2D eigenvalue weighted by Gasteiger charge is 2.05. The predicted octanol–water partition coefficient (Wildman–Crippen LogP) is 3.17. The first-order valence-corrected chi connectivity index (χ1v) is 8.40. The number of anilines is 1. The monoisotopic (exact) mass is 342 g/mol. The van der Waals surface area contributed by atoms with Gasteiger partial charge in [0.05, 0.1) is 19.9 Å². The van der Waals surface area contributed by atoms with E-state index < -0.39 is 0 Å². The van der Waals surface area contributed by atoms with Crippen molar-refractivity contribution in [3.8, 4) is 11.5 Å². The van der Waals surface area contributed by atoms with Crippen molar-refractivity contribution in [3.63, 3.8) is 0 Å². The lowest BCUT2D eigenvalue weighted by Gasteiger charge is -2.12. The Balaban J connectivity index is 1.69. The lowest BCUT2D eigenvalue weighted by atomic mass is 10.1. The van der Waals surface area contributed by atoms with Crippen molar-refractivity contribution in [2.75, 3.05) is 32.6 Å². The first kappa shape index (κ1) is 18.6. The molecule has 5 nitrogen and oxygen atoms in total. The summed E-state index contributed by atoms with van der Waals surface area (Å²) < 4.78 is 10.4. The second-order valence-electron chi connectivity index (χ2n) is 5.83. The Labute approximate surface area is 149 Å². The van der Waals surface area contributed by atoms with E-state index in [1.54, 1.807) is 14.2 Å². The molecule has 0 aliphatic heterocycles. The molecule has 0 unspecified atom stereocenters. The lowest BCUT2D eigenvalue weighted by Crippen LogP contribution is -2.27. The number of carbonyl (C=O) groups excluding carboxylic acids is 1. The van der Waals surface area contributed by atoms with Gasteiger partial charge in [-0.2, -0.15) is 0 Å². The van der Waals surface area contributed by atoms with Crippen LogP contribution in [0.3, 0.4) is 0 Å². The molecule has 0 saturated heterocycles. The molecule has 134 valence electrons. The number of methoxy groups -OCH3 is 2. The molecule has 0 aliphatic carbocycles. The van der Waals surface area contributed by atoms with Crippen LogP contribution in [-0.4, -0.2) is 33.2 Å². The highest BCUT2D eigenvalue weighted by atomic mass is 16.5. The second-order valence-corrected chi connectivity index (χ2v) is 5.83. The summed E-state index contributed by atoms with van der Waals surface area (Å²) in [6, 6.07) is 13.8. The van der Waals surface area contributed by atoms with Gasteiger partial charge >= 0.3 is 0 Å². The Hall–Kier alpha value is -2.69. The van der Waals surface area contributed by atoms with Gasteiger partial charge in [0.25, 0.3) is 0 Å². The van der Waals surface area contributed by atoms with Crippen molar-refractivity contribution in [3.05, 3.63) is 53.6 Å².